The van der Waals surface area contributed by atoms with Gasteiger partial charge in [-0.2, -0.15) is 9.65 Å². The predicted molar refractivity (Wildman–Crippen MR) is 34.3 cm³/mol. The monoisotopic (exact) mass is 150 g/mol. The minimum atomic E-state index is -0.757. The maximum absolute atomic E-state index is 12.3. The minimum Gasteiger partial charge on any atom is -0.298 e. The zero-order valence-electron chi connectivity index (χ0n) is 5.41. The lowest BCUT2D eigenvalue weighted by atomic mass is 10.2. The number of hydrogen-bond donors (Lipinski definition) is 0. The first-order valence-corrected chi connectivity index (χ1v) is 2.79. The van der Waals surface area contributed by atoms with Gasteiger partial charge in [-0.1, -0.05) is 0 Å². The van der Waals surface area contributed by atoms with Crippen molar-refractivity contribution in [2.75, 3.05) is 0 Å². The zero-order chi connectivity index (χ0) is 8.27. The Labute approximate surface area is 62.1 Å². The summed E-state index contributed by atoms with van der Waals surface area (Å²) in [5, 5.41) is 8.34. The van der Waals surface area contributed by atoms with Crippen LogP contribution in [0.1, 0.15) is 16.1 Å². The number of pyridine rings is 1. The van der Waals surface area contributed by atoms with E-state index in [1.165, 1.54) is 6.07 Å². The fraction of sp³-hybridized carbons (Fsp3) is 0. The smallest absolute Gasteiger partial charge is 0.214 e. The Kier molecular flexibility index (Phi) is 1.93. The van der Waals surface area contributed by atoms with Gasteiger partial charge in [-0.05, 0) is 12.1 Å². The highest BCUT2D eigenvalue weighted by molar-refractivity contribution is 5.77. The third-order valence-corrected chi connectivity index (χ3v) is 1.13. The molecule has 0 bridgehead atoms. The van der Waals surface area contributed by atoms with Gasteiger partial charge in [-0.15, -0.1) is 0 Å². The quantitative estimate of drug-likeness (QED) is 0.441. The number of hydrogen-bond acceptors (Lipinski definition) is 3. The van der Waals surface area contributed by atoms with E-state index in [1.54, 1.807) is 6.07 Å². The second-order valence-corrected chi connectivity index (χ2v) is 1.80. The Hall–Kier alpha value is -1.76. The molecule has 0 radical (unpaired) electrons. The molecule has 0 aliphatic heterocycles. The number of aromatic nitrogens is 1. The van der Waals surface area contributed by atoms with Gasteiger partial charge < -0.3 is 0 Å². The maximum atomic E-state index is 12.3. The number of halogens is 1. The van der Waals surface area contributed by atoms with Gasteiger partial charge in [-0.3, -0.25) is 4.79 Å². The summed E-state index contributed by atoms with van der Waals surface area (Å²) in [6.07, 6.45) is 0.463. The van der Waals surface area contributed by atoms with E-state index < -0.39 is 5.95 Å². The van der Waals surface area contributed by atoms with Crippen LogP contribution < -0.4 is 0 Å². The van der Waals surface area contributed by atoms with E-state index in [2.05, 4.69) is 4.98 Å². The average Bonchev–Trinajstić information content (AvgIpc) is 2.04. The van der Waals surface area contributed by atoms with E-state index in [9.17, 15) is 9.18 Å². The van der Waals surface area contributed by atoms with Crippen LogP contribution in [0.5, 0.6) is 0 Å². The highest BCUT2D eigenvalue weighted by Gasteiger charge is 2.02. The van der Waals surface area contributed by atoms with E-state index >= 15 is 0 Å². The molecule has 0 aliphatic carbocycles. The molecule has 1 aromatic heterocycles. The largest absolute Gasteiger partial charge is 0.298 e. The van der Waals surface area contributed by atoms with Crippen molar-refractivity contribution in [2.45, 2.75) is 0 Å². The highest BCUT2D eigenvalue weighted by atomic mass is 19.1. The third-order valence-electron chi connectivity index (χ3n) is 1.13. The second-order valence-electron chi connectivity index (χ2n) is 1.80. The summed E-state index contributed by atoms with van der Waals surface area (Å²) < 4.78 is 12.3. The van der Waals surface area contributed by atoms with Crippen LogP contribution in [0.15, 0.2) is 12.1 Å². The van der Waals surface area contributed by atoms with Crippen LogP contribution in [0.2, 0.25) is 0 Å². The molecule has 4 heteroatoms. The normalized spacial score (nSPS) is 8.73. The molecule has 0 atom stereocenters. The molecule has 0 aliphatic rings. The molecular weight excluding hydrogens is 147 g/mol. The molecule has 0 saturated heterocycles. The van der Waals surface area contributed by atoms with E-state index in [1.807, 2.05) is 0 Å². The number of aldehydes is 1. The lowest BCUT2D eigenvalue weighted by Crippen LogP contribution is -1.93. The van der Waals surface area contributed by atoms with Gasteiger partial charge in [0.25, 0.3) is 0 Å². The van der Waals surface area contributed by atoms with Crippen molar-refractivity contribution in [3.8, 4) is 6.07 Å². The van der Waals surface area contributed by atoms with E-state index in [0.717, 1.165) is 6.07 Å². The Bertz CT molecular complexity index is 330. The molecular formula is C7H3FN2O. The summed E-state index contributed by atoms with van der Waals surface area (Å²) in [7, 11) is 0. The van der Waals surface area contributed by atoms with Gasteiger partial charge in [0.05, 0.1) is 5.56 Å². The fourth-order valence-corrected chi connectivity index (χ4v) is 0.631. The van der Waals surface area contributed by atoms with Crippen LogP contribution in [0.3, 0.4) is 0 Å². The lowest BCUT2D eigenvalue weighted by Gasteiger charge is -1.91. The summed E-state index contributed by atoms with van der Waals surface area (Å²) in [6.45, 7) is 0. The minimum absolute atomic E-state index is 0.105. The van der Waals surface area contributed by atoms with Crippen molar-refractivity contribution in [3.63, 3.8) is 0 Å². The molecule has 0 N–H and O–H groups in total. The topological polar surface area (TPSA) is 53.8 Å². The van der Waals surface area contributed by atoms with Gasteiger partial charge in [0.1, 0.15) is 6.07 Å². The SMILES string of the molecule is N#Cc1nc(F)ccc1C=O. The van der Waals surface area contributed by atoms with Crippen LogP contribution >= 0.6 is 0 Å². The molecule has 0 saturated carbocycles. The van der Waals surface area contributed by atoms with Gasteiger partial charge in [-0.25, -0.2) is 4.98 Å². The molecule has 0 aromatic carbocycles. The molecule has 1 rings (SSSR count). The average molecular weight is 150 g/mol. The predicted octanol–water partition coefficient (Wildman–Crippen LogP) is 0.905. The lowest BCUT2D eigenvalue weighted by molar-refractivity contribution is 0.112. The Balaban J connectivity index is 3.30. The van der Waals surface area contributed by atoms with Crippen LogP contribution in [-0.2, 0) is 0 Å². The maximum Gasteiger partial charge on any atom is 0.214 e. The van der Waals surface area contributed by atoms with Crippen molar-refractivity contribution in [1.82, 2.24) is 4.98 Å². The van der Waals surface area contributed by atoms with E-state index in [0.29, 0.717) is 6.29 Å². The zero-order valence-corrected chi connectivity index (χ0v) is 5.41. The van der Waals surface area contributed by atoms with Crippen LogP contribution in [0, 0.1) is 17.3 Å². The van der Waals surface area contributed by atoms with Gasteiger partial charge in [0, 0.05) is 0 Å². The molecule has 1 heterocycles. The van der Waals surface area contributed by atoms with Gasteiger partial charge >= 0.3 is 0 Å². The number of nitrogens with zero attached hydrogens (tertiary/aromatic N) is 2. The number of nitriles is 1. The molecule has 3 nitrogen and oxygen atoms in total. The summed E-state index contributed by atoms with van der Waals surface area (Å²) >= 11 is 0. The number of carbonyl (C=O) groups is 1. The number of rotatable bonds is 1. The van der Waals surface area contributed by atoms with Crippen LogP contribution in [0.25, 0.3) is 0 Å². The summed E-state index contributed by atoms with van der Waals surface area (Å²) in [5.74, 6) is -0.757. The Morgan fingerprint density at radius 2 is 2.36 bits per heavy atom. The van der Waals surface area contributed by atoms with Crippen molar-refractivity contribution >= 4 is 6.29 Å². The first kappa shape index (κ1) is 7.35. The first-order valence-electron chi connectivity index (χ1n) is 2.79. The Morgan fingerprint density at radius 3 is 2.91 bits per heavy atom. The molecule has 0 spiro atoms. The van der Waals surface area contributed by atoms with Crippen LogP contribution in [-0.4, -0.2) is 11.3 Å². The third kappa shape index (κ3) is 1.38. The van der Waals surface area contributed by atoms with E-state index in [-0.39, 0.29) is 11.3 Å². The molecule has 0 unspecified atom stereocenters. The molecule has 0 fully saturated rings. The Morgan fingerprint density at radius 1 is 1.64 bits per heavy atom. The van der Waals surface area contributed by atoms with Crippen molar-refractivity contribution in [2.24, 2.45) is 0 Å². The summed E-state index contributed by atoms with van der Waals surface area (Å²) in [5.41, 5.74) is -0.0751. The van der Waals surface area contributed by atoms with Crippen molar-refractivity contribution < 1.29 is 9.18 Å². The fourth-order valence-electron chi connectivity index (χ4n) is 0.631. The van der Waals surface area contributed by atoms with Gasteiger partial charge in [0.15, 0.2) is 12.0 Å². The second kappa shape index (κ2) is 2.88. The van der Waals surface area contributed by atoms with E-state index in [4.69, 9.17) is 5.26 Å². The van der Waals surface area contributed by atoms with Crippen molar-refractivity contribution in [3.05, 3.63) is 29.3 Å². The summed E-state index contributed by atoms with van der Waals surface area (Å²) in [4.78, 5) is 13.4. The summed E-state index contributed by atoms with van der Waals surface area (Å²) in [6, 6.07) is 3.85. The molecule has 11 heavy (non-hydrogen) atoms. The number of carbonyl (C=O) groups excluding carboxylic acids is 1. The van der Waals surface area contributed by atoms with Crippen molar-refractivity contribution in [1.29, 1.82) is 5.26 Å². The molecule has 54 valence electrons. The standard InChI is InChI=1S/C7H3FN2O/c8-7-2-1-5(4-11)6(3-9)10-7/h1-2,4H. The highest BCUT2D eigenvalue weighted by Crippen LogP contribution is 2.02. The first-order chi connectivity index (χ1) is 5.27. The molecule has 0 amide bonds. The van der Waals surface area contributed by atoms with Gasteiger partial charge in [0.2, 0.25) is 5.95 Å². The molecule has 1 aromatic rings. The van der Waals surface area contributed by atoms with Crippen LogP contribution in [0.4, 0.5) is 4.39 Å².